The lowest BCUT2D eigenvalue weighted by Gasteiger charge is -2.40. The molecular formula is C26H32N2O4. The van der Waals surface area contributed by atoms with Gasteiger partial charge in [0.2, 0.25) is 5.91 Å². The zero-order chi connectivity index (χ0) is 22.7. The summed E-state index contributed by atoms with van der Waals surface area (Å²) in [4.78, 5) is 26.3. The number of carboxylic acids is 1. The van der Waals surface area contributed by atoms with Crippen LogP contribution in [-0.4, -0.2) is 36.2 Å². The van der Waals surface area contributed by atoms with E-state index in [4.69, 9.17) is 4.74 Å². The Morgan fingerprint density at radius 2 is 1.84 bits per heavy atom. The van der Waals surface area contributed by atoms with E-state index in [0.29, 0.717) is 18.8 Å². The minimum atomic E-state index is -0.961. The molecule has 0 aliphatic carbocycles. The van der Waals surface area contributed by atoms with Crippen molar-refractivity contribution in [3.63, 3.8) is 0 Å². The highest BCUT2D eigenvalue weighted by atomic mass is 16.5. The number of rotatable bonds is 6. The highest BCUT2D eigenvalue weighted by molar-refractivity contribution is 5.97. The van der Waals surface area contributed by atoms with E-state index in [2.05, 4.69) is 36.5 Å². The maximum atomic E-state index is 12.8. The summed E-state index contributed by atoms with van der Waals surface area (Å²) in [7, 11) is 0. The van der Waals surface area contributed by atoms with Crippen molar-refractivity contribution in [2.24, 2.45) is 0 Å². The van der Waals surface area contributed by atoms with Crippen molar-refractivity contribution < 1.29 is 19.4 Å². The third-order valence-corrected chi connectivity index (χ3v) is 6.60. The van der Waals surface area contributed by atoms with E-state index in [0.717, 1.165) is 49.4 Å². The van der Waals surface area contributed by atoms with Crippen LogP contribution in [-0.2, 0) is 9.53 Å². The normalized spacial score (nSPS) is 21.1. The van der Waals surface area contributed by atoms with Crippen molar-refractivity contribution >= 4 is 23.3 Å². The summed E-state index contributed by atoms with van der Waals surface area (Å²) in [6.45, 7) is 5.70. The molecule has 6 nitrogen and oxygen atoms in total. The fourth-order valence-electron chi connectivity index (χ4n) is 4.93. The van der Waals surface area contributed by atoms with Crippen molar-refractivity contribution in [2.75, 3.05) is 23.4 Å². The Kier molecular flexibility index (Phi) is 6.80. The molecule has 2 heterocycles. The lowest BCUT2D eigenvalue weighted by molar-refractivity contribution is -0.119. The summed E-state index contributed by atoms with van der Waals surface area (Å²) in [6, 6.07) is 13.6. The van der Waals surface area contributed by atoms with E-state index in [1.54, 1.807) is 18.2 Å². The molecule has 0 spiro atoms. The van der Waals surface area contributed by atoms with Gasteiger partial charge in [-0.15, -0.1) is 0 Å². The molecule has 170 valence electrons. The quantitative estimate of drug-likeness (QED) is 0.638. The largest absolute Gasteiger partial charge is 0.478 e. The van der Waals surface area contributed by atoms with Crippen LogP contribution in [0, 0.1) is 0 Å². The lowest BCUT2D eigenvalue weighted by Crippen LogP contribution is -2.44. The molecule has 0 bridgehead atoms. The average Bonchev–Trinajstić information content (AvgIpc) is 2.80. The van der Waals surface area contributed by atoms with Crippen molar-refractivity contribution in [3.8, 4) is 0 Å². The average molecular weight is 437 g/mol. The van der Waals surface area contributed by atoms with Gasteiger partial charge in [-0.05, 0) is 80.0 Å². The van der Waals surface area contributed by atoms with E-state index >= 15 is 0 Å². The molecule has 2 aliphatic rings. The van der Waals surface area contributed by atoms with Crippen LogP contribution in [0.1, 0.15) is 79.4 Å². The maximum Gasteiger partial charge on any atom is 0.335 e. The number of nitrogens with one attached hydrogen (secondary N) is 1. The highest BCUT2D eigenvalue weighted by Crippen LogP contribution is 2.40. The minimum absolute atomic E-state index is 0.0243. The van der Waals surface area contributed by atoms with Gasteiger partial charge >= 0.3 is 5.97 Å². The van der Waals surface area contributed by atoms with E-state index in [9.17, 15) is 14.7 Å². The number of anilines is 2. The lowest BCUT2D eigenvalue weighted by atomic mass is 9.89. The monoisotopic (exact) mass is 436 g/mol. The molecule has 0 aromatic heterocycles. The van der Waals surface area contributed by atoms with Crippen LogP contribution < -0.4 is 10.2 Å². The van der Waals surface area contributed by atoms with Crippen LogP contribution in [0.25, 0.3) is 0 Å². The molecule has 2 atom stereocenters. The molecule has 2 N–H and O–H groups in total. The second-order valence-corrected chi connectivity index (χ2v) is 8.88. The third kappa shape index (κ3) is 4.65. The zero-order valence-corrected chi connectivity index (χ0v) is 18.8. The topological polar surface area (TPSA) is 78.9 Å². The van der Waals surface area contributed by atoms with Gasteiger partial charge in [0.05, 0.1) is 11.6 Å². The molecule has 0 saturated carbocycles. The van der Waals surface area contributed by atoms with Gasteiger partial charge in [0.25, 0.3) is 0 Å². The van der Waals surface area contributed by atoms with Gasteiger partial charge in [-0.25, -0.2) is 4.79 Å². The predicted octanol–water partition coefficient (Wildman–Crippen LogP) is 5.36. The molecule has 2 aliphatic heterocycles. The standard InChI is InChI=1S/C26H32N2O4/c1-3-4-25(29)28-17(2)15-23(22-16-20(26(30)31)7-10-24(22)28)27-21-8-5-18(6-9-21)19-11-13-32-14-12-19/h5-10,16-17,19,23,27H,3-4,11-15H2,1-2H3,(H,30,31)/t17-,23+/m0/s1. The molecule has 32 heavy (non-hydrogen) atoms. The highest BCUT2D eigenvalue weighted by Gasteiger charge is 2.34. The second-order valence-electron chi connectivity index (χ2n) is 8.88. The van der Waals surface area contributed by atoms with Crippen LogP contribution in [0.4, 0.5) is 11.4 Å². The smallest absolute Gasteiger partial charge is 0.335 e. The summed E-state index contributed by atoms with van der Waals surface area (Å²) in [5.74, 6) is -0.328. The van der Waals surface area contributed by atoms with Crippen molar-refractivity contribution in [1.29, 1.82) is 0 Å². The maximum absolute atomic E-state index is 12.8. The SMILES string of the molecule is CCCC(=O)N1c2ccc(C(=O)O)cc2[C@H](Nc2ccc(C3CCOCC3)cc2)C[C@@H]1C. The molecule has 0 unspecified atom stereocenters. The third-order valence-electron chi connectivity index (χ3n) is 6.60. The van der Waals surface area contributed by atoms with Crippen molar-refractivity contribution in [1.82, 2.24) is 0 Å². The zero-order valence-electron chi connectivity index (χ0n) is 18.8. The Bertz CT molecular complexity index is 966. The number of carbonyl (C=O) groups excluding carboxylic acids is 1. The van der Waals surface area contributed by atoms with Crippen molar-refractivity contribution in [3.05, 3.63) is 59.2 Å². The van der Waals surface area contributed by atoms with Crippen molar-refractivity contribution in [2.45, 2.75) is 64.0 Å². The molecule has 1 amide bonds. The summed E-state index contributed by atoms with van der Waals surface area (Å²) in [6.07, 6.45) is 4.09. The van der Waals surface area contributed by atoms with Gasteiger partial charge < -0.3 is 20.1 Å². The molecule has 1 fully saturated rings. The van der Waals surface area contributed by atoms with Crippen LogP contribution in [0.5, 0.6) is 0 Å². The molecule has 4 rings (SSSR count). The number of nitrogens with zero attached hydrogens (tertiary/aromatic N) is 1. The first-order chi connectivity index (χ1) is 15.5. The van der Waals surface area contributed by atoms with Gasteiger partial charge in [-0.3, -0.25) is 4.79 Å². The Labute approximate surface area is 189 Å². The van der Waals surface area contributed by atoms with E-state index in [1.807, 2.05) is 11.8 Å². The van der Waals surface area contributed by atoms with Gasteiger partial charge in [0.1, 0.15) is 0 Å². The predicted molar refractivity (Wildman–Crippen MR) is 125 cm³/mol. The van der Waals surface area contributed by atoms with Crippen LogP contribution in [0.15, 0.2) is 42.5 Å². The fourth-order valence-corrected chi connectivity index (χ4v) is 4.93. The number of hydrogen-bond donors (Lipinski definition) is 2. The summed E-state index contributed by atoms with van der Waals surface area (Å²) in [5.41, 5.74) is 4.24. The number of amides is 1. The number of aromatic carboxylic acids is 1. The molecular weight excluding hydrogens is 404 g/mol. The van der Waals surface area contributed by atoms with Crippen LogP contribution >= 0.6 is 0 Å². The van der Waals surface area contributed by atoms with Crippen LogP contribution in [0.2, 0.25) is 0 Å². The second kappa shape index (κ2) is 9.74. The number of carbonyl (C=O) groups is 2. The number of carboxylic acid groups (broad SMARTS) is 1. The first-order valence-electron chi connectivity index (χ1n) is 11.6. The van der Waals surface area contributed by atoms with E-state index in [-0.39, 0.29) is 23.6 Å². The summed E-state index contributed by atoms with van der Waals surface area (Å²) < 4.78 is 5.47. The number of fused-ring (bicyclic) bond motifs is 1. The Morgan fingerprint density at radius 3 is 2.50 bits per heavy atom. The van der Waals surface area contributed by atoms with Gasteiger partial charge in [-0.2, -0.15) is 0 Å². The van der Waals surface area contributed by atoms with Gasteiger partial charge in [-0.1, -0.05) is 19.1 Å². The minimum Gasteiger partial charge on any atom is -0.478 e. The number of benzene rings is 2. The Morgan fingerprint density at radius 1 is 1.12 bits per heavy atom. The van der Waals surface area contributed by atoms with Gasteiger partial charge in [0.15, 0.2) is 0 Å². The first-order valence-corrected chi connectivity index (χ1v) is 11.6. The van der Waals surface area contributed by atoms with Crippen LogP contribution in [0.3, 0.4) is 0 Å². The first kappa shape index (κ1) is 22.3. The molecule has 1 saturated heterocycles. The summed E-state index contributed by atoms with van der Waals surface area (Å²) >= 11 is 0. The van der Waals surface area contributed by atoms with E-state index in [1.165, 1.54) is 5.56 Å². The number of hydrogen-bond acceptors (Lipinski definition) is 4. The molecule has 0 radical (unpaired) electrons. The van der Waals surface area contributed by atoms with E-state index < -0.39 is 5.97 Å². The summed E-state index contributed by atoms with van der Waals surface area (Å²) in [5, 5.41) is 13.1. The fraction of sp³-hybridized carbons (Fsp3) is 0.462. The van der Waals surface area contributed by atoms with Gasteiger partial charge in [0, 0.05) is 37.1 Å². The Balaban J connectivity index is 1.60. The molecule has 6 heteroatoms. The molecule has 2 aromatic rings. The Hall–Kier alpha value is -2.86. The number of ether oxygens (including phenoxy) is 1. The molecule has 2 aromatic carbocycles.